The van der Waals surface area contributed by atoms with Gasteiger partial charge in [0.1, 0.15) is 0 Å². The fourth-order valence-corrected chi connectivity index (χ4v) is 2.43. The number of likely N-dealkylation sites (N-methyl/N-ethyl adjacent to an activating group) is 1. The van der Waals surface area contributed by atoms with Gasteiger partial charge in [-0.2, -0.15) is 0 Å². The van der Waals surface area contributed by atoms with Crippen molar-refractivity contribution in [2.45, 2.75) is 19.9 Å². The fourth-order valence-electron chi connectivity index (χ4n) is 2.23. The highest BCUT2D eigenvalue weighted by molar-refractivity contribution is 6.31. The number of halogens is 1. The van der Waals surface area contributed by atoms with Gasteiger partial charge in [0.25, 0.3) is 5.69 Å². The molecule has 0 N–H and O–H groups in total. The molecule has 0 aliphatic heterocycles. The summed E-state index contributed by atoms with van der Waals surface area (Å²) in [5.74, 6) is -0.0405. The zero-order chi connectivity index (χ0) is 16.8. The molecule has 0 saturated heterocycles. The molecule has 0 bridgehead atoms. The minimum atomic E-state index is -0.457. The number of nitrogens with zero attached hydrogens (tertiary/aromatic N) is 2. The van der Waals surface area contributed by atoms with Crippen LogP contribution >= 0.6 is 11.6 Å². The van der Waals surface area contributed by atoms with Crippen molar-refractivity contribution in [3.63, 3.8) is 0 Å². The summed E-state index contributed by atoms with van der Waals surface area (Å²) in [5, 5.41) is 11.3. The molecular formula is C17H17ClN2O3. The topological polar surface area (TPSA) is 63.5 Å². The second kappa shape index (κ2) is 7.74. The average molecular weight is 333 g/mol. The van der Waals surface area contributed by atoms with Crippen molar-refractivity contribution in [1.29, 1.82) is 0 Å². The van der Waals surface area contributed by atoms with E-state index in [-0.39, 0.29) is 18.0 Å². The Morgan fingerprint density at radius 1 is 1.17 bits per heavy atom. The first-order valence-electron chi connectivity index (χ1n) is 7.25. The van der Waals surface area contributed by atoms with Gasteiger partial charge in [0.2, 0.25) is 5.91 Å². The fraction of sp³-hybridized carbons (Fsp3) is 0.235. The van der Waals surface area contributed by atoms with Crippen LogP contribution in [-0.4, -0.2) is 22.3 Å². The van der Waals surface area contributed by atoms with E-state index in [1.807, 2.05) is 25.1 Å². The molecule has 0 aliphatic carbocycles. The Kier molecular flexibility index (Phi) is 5.71. The van der Waals surface area contributed by atoms with Crippen LogP contribution in [0.15, 0.2) is 48.5 Å². The number of rotatable bonds is 6. The average Bonchev–Trinajstić information content (AvgIpc) is 2.54. The Hall–Kier alpha value is -2.40. The summed E-state index contributed by atoms with van der Waals surface area (Å²) in [4.78, 5) is 24.3. The van der Waals surface area contributed by atoms with Crippen LogP contribution in [0, 0.1) is 10.1 Å². The van der Waals surface area contributed by atoms with E-state index < -0.39 is 4.92 Å². The smallest absolute Gasteiger partial charge is 0.269 e. The molecule has 0 atom stereocenters. The molecule has 0 aliphatic rings. The van der Waals surface area contributed by atoms with E-state index >= 15 is 0 Å². The molecule has 6 heteroatoms. The number of carbonyl (C=O) groups is 1. The van der Waals surface area contributed by atoms with Gasteiger partial charge in [-0.3, -0.25) is 14.9 Å². The van der Waals surface area contributed by atoms with Gasteiger partial charge >= 0.3 is 0 Å². The quantitative estimate of drug-likeness (QED) is 0.596. The van der Waals surface area contributed by atoms with Crippen molar-refractivity contribution in [3.05, 3.63) is 74.8 Å². The van der Waals surface area contributed by atoms with Gasteiger partial charge in [-0.1, -0.05) is 41.9 Å². The summed E-state index contributed by atoms with van der Waals surface area (Å²) in [6.07, 6.45) is 0.205. The van der Waals surface area contributed by atoms with Gasteiger partial charge in [-0.15, -0.1) is 0 Å². The normalized spacial score (nSPS) is 10.3. The van der Waals surface area contributed by atoms with Gasteiger partial charge in [-0.25, -0.2) is 0 Å². The van der Waals surface area contributed by atoms with Crippen LogP contribution in [0.3, 0.4) is 0 Å². The van der Waals surface area contributed by atoms with Gasteiger partial charge in [0, 0.05) is 30.2 Å². The summed E-state index contributed by atoms with van der Waals surface area (Å²) in [6.45, 7) is 2.92. The Bertz CT molecular complexity index is 701. The molecule has 0 radical (unpaired) electrons. The Balaban J connectivity index is 2.05. The number of hydrogen-bond acceptors (Lipinski definition) is 3. The highest BCUT2D eigenvalue weighted by atomic mass is 35.5. The van der Waals surface area contributed by atoms with Crippen LogP contribution in [0.4, 0.5) is 5.69 Å². The van der Waals surface area contributed by atoms with E-state index in [0.717, 1.165) is 11.1 Å². The van der Waals surface area contributed by atoms with E-state index in [0.29, 0.717) is 18.1 Å². The molecule has 0 aromatic heterocycles. The van der Waals surface area contributed by atoms with Crippen molar-refractivity contribution in [1.82, 2.24) is 4.90 Å². The lowest BCUT2D eigenvalue weighted by Gasteiger charge is -2.21. The largest absolute Gasteiger partial charge is 0.338 e. The van der Waals surface area contributed by atoms with Crippen LogP contribution in [0.5, 0.6) is 0 Å². The van der Waals surface area contributed by atoms with Crippen LogP contribution in [0.25, 0.3) is 0 Å². The highest BCUT2D eigenvalue weighted by Gasteiger charge is 2.15. The standard InChI is InChI=1S/C17H17ClN2O3/c1-2-19(12-14-5-3-4-6-16(14)18)17(21)11-13-7-9-15(10-8-13)20(22)23/h3-10H,2,11-12H2,1H3. The summed E-state index contributed by atoms with van der Waals surface area (Å²) in [6, 6.07) is 13.5. The first kappa shape index (κ1) is 17.0. The molecular weight excluding hydrogens is 316 g/mol. The third kappa shape index (κ3) is 4.53. The van der Waals surface area contributed by atoms with E-state index in [2.05, 4.69) is 0 Å². The van der Waals surface area contributed by atoms with Gasteiger partial charge in [-0.05, 0) is 24.1 Å². The van der Waals surface area contributed by atoms with E-state index in [1.54, 1.807) is 23.1 Å². The highest BCUT2D eigenvalue weighted by Crippen LogP contribution is 2.18. The monoisotopic (exact) mass is 332 g/mol. The number of non-ortho nitro benzene ring substituents is 1. The molecule has 0 spiro atoms. The molecule has 0 saturated carbocycles. The maximum atomic E-state index is 12.4. The van der Waals surface area contributed by atoms with Crippen molar-refractivity contribution in [2.24, 2.45) is 0 Å². The van der Waals surface area contributed by atoms with Crippen molar-refractivity contribution in [2.75, 3.05) is 6.54 Å². The van der Waals surface area contributed by atoms with E-state index in [4.69, 9.17) is 11.6 Å². The number of benzene rings is 2. The number of carbonyl (C=O) groups excluding carboxylic acids is 1. The van der Waals surface area contributed by atoms with Crippen LogP contribution in [0.2, 0.25) is 5.02 Å². The summed E-state index contributed by atoms with van der Waals surface area (Å²) in [7, 11) is 0. The molecule has 1 amide bonds. The van der Waals surface area contributed by atoms with Crippen molar-refractivity contribution < 1.29 is 9.72 Å². The van der Waals surface area contributed by atoms with Crippen LogP contribution in [0.1, 0.15) is 18.1 Å². The Morgan fingerprint density at radius 3 is 2.39 bits per heavy atom. The van der Waals surface area contributed by atoms with Gasteiger partial charge < -0.3 is 4.90 Å². The molecule has 2 aromatic carbocycles. The second-order valence-electron chi connectivity index (χ2n) is 5.10. The lowest BCUT2D eigenvalue weighted by molar-refractivity contribution is -0.384. The first-order valence-corrected chi connectivity index (χ1v) is 7.63. The molecule has 5 nitrogen and oxygen atoms in total. The maximum Gasteiger partial charge on any atom is 0.269 e. The third-order valence-corrected chi connectivity index (χ3v) is 3.92. The number of nitro groups is 1. The first-order chi connectivity index (χ1) is 11.0. The molecule has 0 fully saturated rings. The molecule has 23 heavy (non-hydrogen) atoms. The SMILES string of the molecule is CCN(Cc1ccccc1Cl)C(=O)Cc1ccc([N+](=O)[O-])cc1. The Morgan fingerprint density at radius 2 is 1.83 bits per heavy atom. The summed E-state index contributed by atoms with van der Waals surface area (Å²) >= 11 is 6.14. The van der Waals surface area contributed by atoms with E-state index in [1.165, 1.54) is 12.1 Å². The lowest BCUT2D eigenvalue weighted by Crippen LogP contribution is -2.31. The molecule has 0 unspecified atom stereocenters. The zero-order valence-corrected chi connectivity index (χ0v) is 13.5. The predicted octanol–water partition coefficient (Wildman–Crippen LogP) is 3.84. The van der Waals surface area contributed by atoms with Gasteiger partial charge in [0.05, 0.1) is 11.3 Å². The third-order valence-electron chi connectivity index (χ3n) is 3.56. The van der Waals surface area contributed by atoms with Crippen molar-refractivity contribution >= 4 is 23.2 Å². The van der Waals surface area contributed by atoms with Crippen molar-refractivity contribution in [3.8, 4) is 0 Å². The predicted molar refractivity (Wildman–Crippen MR) is 89.3 cm³/mol. The van der Waals surface area contributed by atoms with Crippen LogP contribution in [-0.2, 0) is 17.8 Å². The molecule has 120 valence electrons. The summed E-state index contributed by atoms with van der Waals surface area (Å²) in [5.41, 5.74) is 1.66. The van der Waals surface area contributed by atoms with Crippen LogP contribution < -0.4 is 0 Å². The number of amides is 1. The van der Waals surface area contributed by atoms with E-state index in [9.17, 15) is 14.9 Å². The Labute approximate surface area is 139 Å². The molecule has 0 heterocycles. The lowest BCUT2D eigenvalue weighted by atomic mass is 10.1. The maximum absolute atomic E-state index is 12.4. The summed E-state index contributed by atoms with van der Waals surface area (Å²) < 4.78 is 0. The zero-order valence-electron chi connectivity index (χ0n) is 12.7. The number of nitro benzene ring substituents is 1. The molecule has 2 aromatic rings. The minimum absolute atomic E-state index is 0.0182. The van der Waals surface area contributed by atoms with Gasteiger partial charge in [0.15, 0.2) is 0 Å². The molecule has 2 rings (SSSR count). The second-order valence-corrected chi connectivity index (χ2v) is 5.51. The minimum Gasteiger partial charge on any atom is -0.338 e. The number of hydrogen-bond donors (Lipinski definition) is 0.